The van der Waals surface area contributed by atoms with Crippen molar-refractivity contribution in [3.8, 4) is 0 Å². The van der Waals surface area contributed by atoms with E-state index in [1.54, 1.807) is 17.1 Å². The Balaban J connectivity index is -0.000000337. The maximum Gasteiger partial charge on any atom is 1.00 e. The summed E-state index contributed by atoms with van der Waals surface area (Å²) in [6, 6.07) is 32.4. The van der Waals surface area contributed by atoms with Crippen LogP contribution in [0.4, 0.5) is 0 Å². The second kappa shape index (κ2) is 31.9. The smallest absolute Gasteiger partial charge is 1.00 e. The maximum atomic E-state index is 6.49. The van der Waals surface area contributed by atoms with Gasteiger partial charge in [0.15, 0.2) is 8.32 Å². The standard InChI is InChI=1S/C16H28OSi2.C9H18O3Si3.C9H11.C8H8.C3H9ClSi.ClH.2Li/c1-7-15(16-12-10-9-11-13-16)14-19(6,8-2)17-18(3,4)5;1-7-13(4)10-14(5,8-2)12-15(6,9-3)11-13;1-2-6-9-7-4-3-5-8-9;1-2-8-6-4-3-5-7-8;1-5(2,3)4;;;/h8-13,15H,2,7,14H2,1,3-6H3;7-9H,1-3H2,4-6H3;3-8H,2H2,1H3;2-7H,1H2;1-3H3;1H;;/q;;-1;;;;2*+1/p-1. The van der Waals surface area contributed by atoms with Crippen LogP contribution < -0.4 is 50.1 Å². The molecule has 0 bridgehead atoms. The third-order valence-corrected chi connectivity index (χ3v) is 26.4. The molecule has 3 aromatic rings. The zero-order valence-corrected chi connectivity index (χ0v) is 46.8. The van der Waals surface area contributed by atoms with Gasteiger partial charge in [0.05, 0.1) is 0 Å². The van der Waals surface area contributed by atoms with E-state index in [1.165, 1.54) is 16.7 Å². The summed E-state index contributed by atoms with van der Waals surface area (Å²) >= 11 is 5.67. The molecule has 4 nitrogen and oxygen atoms in total. The van der Waals surface area contributed by atoms with Crippen LogP contribution in [0.1, 0.15) is 49.3 Å². The van der Waals surface area contributed by atoms with Crippen molar-refractivity contribution in [2.45, 2.75) is 104 Å². The Bertz CT molecular complexity index is 1520. The van der Waals surface area contributed by atoms with Crippen molar-refractivity contribution in [2.24, 2.45) is 0 Å². The summed E-state index contributed by atoms with van der Waals surface area (Å²) in [5, 5.41) is 0. The Morgan fingerprint density at radius 1 is 0.661 bits per heavy atom. The molecule has 4 rings (SSSR count). The zero-order valence-electron chi connectivity index (χ0n) is 39.2. The van der Waals surface area contributed by atoms with Crippen molar-refractivity contribution >= 4 is 66.9 Å². The van der Waals surface area contributed by atoms with Crippen molar-refractivity contribution in [1.29, 1.82) is 0 Å². The quantitative estimate of drug-likeness (QED) is 0.123. The minimum atomic E-state index is -2.30. The molecule has 0 saturated carbocycles. The normalized spacial score (nSPS) is 20.6. The van der Waals surface area contributed by atoms with E-state index < -0.39 is 49.7 Å². The molecule has 2 atom stereocenters. The van der Waals surface area contributed by atoms with Gasteiger partial charge in [-0.2, -0.15) is 35.2 Å². The molecule has 2 unspecified atom stereocenters. The average Bonchev–Trinajstić information content (AvgIpc) is 3.14. The summed E-state index contributed by atoms with van der Waals surface area (Å²) in [7, 11) is -11.4. The first-order valence-electron chi connectivity index (χ1n) is 19.6. The molecule has 318 valence electrons. The van der Waals surface area contributed by atoms with Gasteiger partial charge in [-0.25, -0.2) is 0 Å². The second-order valence-electron chi connectivity index (χ2n) is 16.1. The first kappa shape index (κ1) is 64.8. The largest absolute Gasteiger partial charge is 1.00 e. The van der Waals surface area contributed by atoms with Crippen LogP contribution in [0.15, 0.2) is 147 Å². The molecule has 59 heavy (non-hydrogen) atoms. The summed E-state index contributed by atoms with van der Waals surface area (Å²) in [5.74, 6) is 0.590. The van der Waals surface area contributed by atoms with Gasteiger partial charge in [0.2, 0.25) is 8.32 Å². The molecule has 14 heteroatoms. The fourth-order valence-electron chi connectivity index (χ4n) is 5.51. The van der Waals surface area contributed by atoms with E-state index in [0.29, 0.717) is 5.92 Å². The van der Waals surface area contributed by atoms with Gasteiger partial charge in [-0.05, 0) is 75.3 Å². The van der Waals surface area contributed by atoms with Crippen molar-refractivity contribution in [1.82, 2.24) is 0 Å². The molecule has 0 aromatic heterocycles. The number of rotatable bonds is 13. The molecule has 1 aliphatic heterocycles. The monoisotopic (exact) mass is 930 g/mol. The van der Waals surface area contributed by atoms with Gasteiger partial charge in [-0.3, -0.25) is 0 Å². The molecule has 1 heterocycles. The van der Waals surface area contributed by atoms with Crippen LogP contribution >= 0.6 is 11.1 Å². The van der Waals surface area contributed by atoms with Crippen molar-refractivity contribution in [3.05, 3.63) is 170 Å². The molecule has 0 amide bonds. The van der Waals surface area contributed by atoms with E-state index in [4.69, 9.17) is 27.5 Å². The molecule has 1 saturated heterocycles. The van der Waals surface area contributed by atoms with E-state index in [0.717, 1.165) is 18.9 Å². The van der Waals surface area contributed by atoms with E-state index in [1.807, 2.05) is 62.1 Å². The van der Waals surface area contributed by atoms with Gasteiger partial charge < -0.3 is 28.9 Å². The van der Waals surface area contributed by atoms with Gasteiger partial charge >= 0.3 is 63.4 Å². The fraction of sp³-hybridized carbons (Fsp3) is 0.356. The van der Waals surface area contributed by atoms with Crippen molar-refractivity contribution in [2.75, 3.05) is 0 Å². The second-order valence-corrected chi connectivity index (χ2v) is 41.9. The Morgan fingerprint density at radius 3 is 1.29 bits per heavy atom. The molecular weight excluding hydrogens is 858 g/mol. The average molecular weight is 932 g/mol. The van der Waals surface area contributed by atoms with Crippen LogP contribution in [-0.4, -0.2) is 49.7 Å². The van der Waals surface area contributed by atoms with Crippen LogP contribution in [0.25, 0.3) is 6.08 Å². The third-order valence-electron chi connectivity index (χ3n) is 7.99. The van der Waals surface area contributed by atoms with Crippen molar-refractivity contribution in [3.63, 3.8) is 0 Å². The van der Waals surface area contributed by atoms with E-state index >= 15 is 0 Å². The fourth-order valence-corrected chi connectivity index (χ4v) is 26.7. The minimum Gasteiger partial charge on any atom is -1.00 e. The topological polar surface area (TPSA) is 36.9 Å². The summed E-state index contributed by atoms with van der Waals surface area (Å²) in [5.41, 5.74) is 11.4. The summed E-state index contributed by atoms with van der Waals surface area (Å²) < 4.78 is 24.3. The van der Waals surface area contributed by atoms with Crippen LogP contribution in [-0.2, 0) is 16.5 Å². The Hall–Kier alpha value is -0.854. The Kier molecular flexibility index (Phi) is 35.0. The van der Waals surface area contributed by atoms with Gasteiger partial charge in [-0.15, -0.1) is 38.4 Å². The van der Waals surface area contributed by atoms with Gasteiger partial charge in [0.25, 0.3) is 0 Å². The van der Waals surface area contributed by atoms with Crippen molar-refractivity contribution < 1.29 is 66.6 Å². The van der Waals surface area contributed by atoms with Gasteiger partial charge in [0.1, 0.15) is 7.38 Å². The maximum absolute atomic E-state index is 6.49. The number of halogens is 2. The number of hydrogen-bond acceptors (Lipinski definition) is 4. The van der Waals surface area contributed by atoms with Crippen LogP contribution in [0.2, 0.25) is 71.5 Å². The molecule has 1 fully saturated rings. The summed E-state index contributed by atoms with van der Waals surface area (Å²) in [4.78, 5) is 0. The van der Waals surface area contributed by atoms with E-state index in [2.05, 4.69) is 159 Å². The molecular formula is C45H74Cl2Li2O4Si6. The Labute approximate surface area is 403 Å². The van der Waals surface area contributed by atoms with E-state index in [-0.39, 0.29) is 50.1 Å². The summed E-state index contributed by atoms with van der Waals surface area (Å²) in [6.07, 6.45) is 6.32. The molecule has 0 spiro atoms. The molecule has 0 radical (unpaired) electrons. The molecule has 3 aromatic carbocycles. The number of benzene rings is 3. The first-order valence-corrected chi connectivity index (χ1v) is 37.4. The molecule has 0 N–H and O–H groups in total. The summed E-state index contributed by atoms with van der Waals surface area (Å²) in [6.45, 7) is 44.8. The minimum absolute atomic E-state index is 0. The SMILES string of the molecule is C=C[Si](C)(CC(CC)c1ccccc1)O[Si](C)(C)C.C=C[Si]1(C)O[Si](C)(C=C)O[Si](C)(C=C)O1.C=Cc1ccccc1.CC[CH-]c1ccccc1.C[Si](C)(C)Cl.[Cl-].[Li+].[Li+]. The molecule has 1 aliphatic rings. The molecule has 0 aliphatic carbocycles. The van der Waals surface area contributed by atoms with Crippen LogP contribution in [0.5, 0.6) is 0 Å². The Morgan fingerprint density at radius 2 is 1.02 bits per heavy atom. The van der Waals surface area contributed by atoms with Crippen LogP contribution in [0.3, 0.4) is 0 Å². The van der Waals surface area contributed by atoms with Gasteiger partial charge in [-0.1, -0.05) is 142 Å². The number of hydrogen-bond donors (Lipinski definition) is 0. The predicted molar refractivity (Wildman–Crippen MR) is 265 cm³/mol. The first-order chi connectivity index (χ1) is 26.0. The zero-order chi connectivity index (χ0) is 43.1. The third kappa shape index (κ3) is 30.8. The van der Waals surface area contributed by atoms with Crippen LogP contribution in [0, 0.1) is 6.42 Å². The van der Waals surface area contributed by atoms with Gasteiger partial charge in [0, 0.05) is 0 Å². The van der Waals surface area contributed by atoms with E-state index in [9.17, 15) is 0 Å². The predicted octanol–water partition coefficient (Wildman–Crippen LogP) is 5.82.